The molecule has 0 aliphatic heterocycles. The summed E-state index contributed by atoms with van der Waals surface area (Å²) >= 11 is 20.1. The summed E-state index contributed by atoms with van der Waals surface area (Å²) in [5.41, 5.74) is 9.67. The maximum atomic E-state index is 12.2. The van der Waals surface area contributed by atoms with E-state index in [1.165, 1.54) is 0 Å². The van der Waals surface area contributed by atoms with Crippen LogP contribution in [-0.2, 0) is 18.9 Å². The van der Waals surface area contributed by atoms with Gasteiger partial charge in [-0.25, -0.2) is 4.79 Å². The van der Waals surface area contributed by atoms with Gasteiger partial charge < -0.3 is 25.0 Å². The van der Waals surface area contributed by atoms with Crippen LogP contribution in [0.1, 0.15) is 63.8 Å². The number of aryl methyl sites for hydroxylation is 5. The van der Waals surface area contributed by atoms with Crippen LogP contribution in [-0.4, -0.2) is 51.0 Å². The number of rotatable bonds is 14. The smallest absolute Gasteiger partial charge is 0.337 e. The molecule has 3 aromatic carbocycles. The topological polar surface area (TPSA) is 110 Å². The highest BCUT2D eigenvalue weighted by atomic mass is 35.5. The highest BCUT2D eigenvalue weighted by Crippen LogP contribution is 2.44. The highest BCUT2D eigenvalue weighted by Gasteiger charge is 2.24. The Labute approximate surface area is 313 Å². The van der Waals surface area contributed by atoms with Gasteiger partial charge in [0.05, 0.1) is 34.1 Å². The molecule has 1 atom stereocenters. The zero-order valence-electron chi connectivity index (χ0n) is 29.7. The summed E-state index contributed by atoms with van der Waals surface area (Å²) < 4.78 is 9.87. The van der Waals surface area contributed by atoms with Crippen LogP contribution < -0.4 is 15.4 Å². The van der Waals surface area contributed by atoms with Crippen molar-refractivity contribution in [2.24, 2.45) is 14.1 Å². The fourth-order valence-corrected chi connectivity index (χ4v) is 7.23. The van der Waals surface area contributed by atoms with Crippen molar-refractivity contribution in [2.45, 2.75) is 53.5 Å². The third-order valence-electron chi connectivity index (χ3n) is 9.06. The number of nitrogens with zero attached hydrogens (tertiary/aromatic N) is 3. The van der Waals surface area contributed by atoms with E-state index in [-0.39, 0.29) is 11.6 Å². The van der Waals surface area contributed by atoms with Crippen molar-refractivity contribution >= 4 is 75.4 Å². The zero-order chi connectivity index (χ0) is 37.1. The van der Waals surface area contributed by atoms with E-state index in [2.05, 4.69) is 21.8 Å². The number of fused-ring (bicyclic) bond motifs is 1. The second-order valence-electron chi connectivity index (χ2n) is 12.9. The normalized spacial score (nSPS) is 12.3. The number of carboxylic acids is 1. The largest absolute Gasteiger partial charge is 0.494 e. The maximum absolute atomic E-state index is 12.2. The monoisotopic (exact) mass is 749 g/mol. The lowest BCUT2D eigenvalue weighted by atomic mass is 9.91. The molecule has 0 saturated carbocycles. The molecule has 268 valence electrons. The molecule has 0 aliphatic carbocycles. The van der Waals surface area contributed by atoms with Crippen molar-refractivity contribution in [3.63, 3.8) is 0 Å². The van der Waals surface area contributed by atoms with E-state index in [9.17, 15) is 14.7 Å². The van der Waals surface area contributed by atoms with Gasteiger partial charge in [0.15, 0.2) is 0 Å². The Morgan fingerprint density at radius 3 is 2.35 bits per heavy atom. The van der Waals surface area contributed by atoms with Gasteiger partial charge in [0.1, 0.15) is 5.75 Å². The average Bonchev–Trinajstić information content (AvgIpc) is 3.53. The van der Waals surface area contributed by atoms with E-state index < -0.39 is 5.97 Å². The molecule has 3 N–H and O–H groups in total. The van der Waals surface area contributed by atoms with E-state index >= 15 is 0 Å². The number of nitrogens with one attached hydrogen (secondary N) is 2. The van der Waals surface area contributed by atoms with Gasteiger partial charge in [-0.1, -0.05) is 40.9 Å². The molecule has 0 radical (unpaired) electrons. The number of allylic oxidation sites excluding steroid dienone is 1. The van der Waals surface area contributed by atoms with Crippen molar-refractivity contribution in [1.82, 2.24) is 19.7 Å². The SMILES string of the molecule is Cc1cc(OCCC/C(=C\c2cc(Cl)cc3c(C(=O)O)cn(C)c23)c2ccc(Cl)c(-c3c(C)nn(C)c3C)c2N[C@H](C)CNC=O)cc(C)c1Cl. The van der Waals surface area contributed by atoms with Gasteiger partial charge >= 0.3 is 5.97 Å². The molecule has 0 aliphatic rings. The number of aromatic nitrogens is 3. The lowest BCUT2D eigenvalue weighted by Crippen LogP contribution is -2.30. The first-order chi connectivity index (χ1) is 24.2. The summed E-state index contributed by atoms with van der Waals surface area (Å²) in [6.45, 7) is 10.7. The first kappa shape index (κ1) is 37.8. The molecule has 0 spiro atoms. The van der Waals surface area contributed by atoms with E-state index in [4.69, 9.17) is 39.5 Å². The Kier molecular flexibility index (Phi) is 11.7. The van der Waals surface area contributed by atoms with Gasteiger partial charge in [0, 0.05) is 76.3 Å². The summed E-state index contributed by atoms with van der Waals surface area (Å²) in [6.07, 6.45) is 5.57. The number of amides is 1. The Hall–Kier alpha value is -4.44. The third-order valence-corrected chi connectivity index (χ3v) is 10.2. The molecule has 0 saturated heterocycles. The molecule has 0 unspecified atom stereocenters. The fourth-order valence-electron chi connectivity index (χ4n) is 6.64. The van der Waals surface area contributed by atoms with Crippen LogP contribution in [0.3, 0.4) is 0 Å². The van der Waals surface area contributed by atoms with Gasteiger partial charge in [-0.2, -0.15) is 5.10 Å². The van der Waals surface area contributed by atoms with E-state index in [0.29, 0.717) is 47.8 Å². The van der Waals surface area contributed by atoms with Crippen LogP contribution in [0.2, 0.25) is 15.1 Å². The van der Waals surface area contributed by atoms with Crippen molar-refractivity contribution in [3.05, 3.63) is 96.9 Å². The molecule has 2 aromatic heterocycles. The number of aromatic carboxylic acids is 1. The van der Waals surface area contributed by atoms with Crippen LogP contribution in [0, 0.1) is 27.7 Å². The van der Waals surface area contributed by atoms with Crippen molar-refractivity contribution in [2.75, 3.05) is 18.5 Å². The molecule has 0 fully saturated rings. The van der Waals surface area contributed by atoms with Gasteiger partial charge in [0.2, 0.25) is 6.41 Å². The standard InChI is InChI=1S/C39H42Cl3N5O4/c1-21-13-29(14-22(2)36(21)42)51-12-8-9-26(15-27-16-28(40)17-31-32(39(49)50)19-46(6)38(27)31)30-10-11-33(41)35(34-24(4)45-47(7)25(34)5)37(30)44-23(3)18-43-20-48/h10-11,13-17,19-20,23,44H,8-9,12,18H2,1-7H3,(H,43,48)(H,49,50)/b26-15+/t23-/m1/s1. The summed E-state index contributed by atoms with van der Waals surface area (Å²) in [5, 5.41) is 23.3. The Morgan fingerprint density at radius 1 is 1.02 bits per heavy atom. The molecule has 2 heterocycles. The maximum Gasteiger partial charge on any atom is 0.337 e. The molecule has 51 heavy (non-hydrogen) atoms. The number of carbonyl (C=O) groups is 2. The fraction of sp³-hybridized carbons (Fsp3) is 0.308. The minimum Gasteiger partial charge on any atom is -0.494 e. The Morgan fingerprint density at radius 2 is 1.73 bits per heavy atom. The number of carboxylic acid groups (broad SMARTS) is 1. The molecule has 5 aromatic rings. The first-order valence-corrected chi connectivity index (χ1v) is 17.7. The summed E-state index contributed by atoms with van der Waals surface area (Å²) in [7, 11) is 3.73. The minimum absolute atomic E-state index is 0.170. The second-order valence-corrected chi connectivity index (χ2v) is 14.2. The van der Waals surface area contributed by atoms with Crippen molar-refractivity contribution in [1.29, 1.82) is 0 Å². The van der Waals surface area contributed by atoms with E-state index in [1.807, 2.05) is 88.3 Å². The Bertz CT molecular complexity index is 2150. The van der Waals surface area contributed by atoms with Gasteiger partial charge in [-0.3, -0.25) is 9.48 Å². The predicted molar refractivity (Wildman–Crippen MR) is 209 cm³/mol. The third kappa shape index (κ3) is 8.06. The zero-order valence-corrected chi connectivity index (χ0v) is 32.0. The number of hydrogen-bond acceptors (Lipinski definition) is 5. The molecule has 0 bridgehead atoms. The van der Waals surface area contributed by atoms with Crippen molar-refractivity contribution < 1.29 is 19.4 Å². The summed E-state index contributed by atoms with van der Waals surface area (Å²) in [4.78, 5) is 23.4. The quantitative estimate of drug-likeness (QED) is 0.0593. The average molecular weight is 751 g/mol. The van der Waals surface area contributed by atoms with Crippen LogP contribution in [0.25, 0.3) is 33.7 Å². The summed E-state index contributed by atoms with van der Waals surface area (Å²) in [5.74, 6) is -0.284. The van der Waals surface area contributed by atoms with Gasteiger partial charge in [-0.15, -0.1) is 0 Å². The molecule has 12 heteroatoms. The number of anilines is 1. The first-order valence-electron chi connectivity index (χ1n) is 16.6. The molecule has 5 rings (SSSR count). The second kappa shape index (κ2) is 15.8. The van der Waals surface area contributed by atoms with Crippen molar-refractivity contribution in [3.8, 4) is 16.9 Å². The van der Waals surface area contributed by atoms with Gasteiger partial charge in [-0.05, 0) is 101 Å². The minimum atomic E-state index is -1.03. The lowest BCUT2D eigenvalue weighted by Gasteiger charge is -2.24. The number of halogens is 3. The molecular formula is C39H42Cl3N5O4. The summed E-state index contributed by atoms with van der Waals surface area (Å²) in [6, 6.07) is 11.1. The Balaban J connectivity index is 1.70. The number of hydrogen-bond donors (Lipinski definition) is 3. The van der Waals surface area contributed by atoms with Crippen LogP contribution in [0.15, 0.2) is 42.6 Å². The van der Waals surface area contributed by atoms with Crippen LogP contribution >= 0.6 is 34.8 Å². The number of carbonyl (C=O) groups excluding carboxylic acids is 1. The predicted octanol–water partition coefficient (Wildman–Crippen LogP) is 9.42. The number of ether oxygens (including phenoxy) is 1. The highest BCUT2D eigenvalue weighted by molar-refractivity contribution is 6.34. The van der Waals surface area contributed by atoms with Crippen LogP contribution in [0.4, 0.5) is 5.69 Å². The lowest BCUT2D eigenvalue weighted by molar-refractivity contribution is -0.109. The van der Waals surface area contributed by atoms with Gasteiger partial charge in [0.25, 0.3) is 0 Å². The van der Waals surface area contributed by atoms with Crippen LogP contribution in [0.5, 0.6) is 5.75 Å². The molecule has 1 amide bonds. The molecule has 9 nitrogen and oxygen atoms in total. The molecular weight excluding hydrogens is 709 g/mol. The number of benzene rings is 3. The van der Waals surface area contributed by atoms with E-state index in [1.54, 1.807) is 12.3 Å². The van der Waals surface area contributed by atoms with E-state index in [0.717, 1.165) is 72.3 Å².